The Bertz CT molecular complexity index is 1380. The summed E-state index contributed by atoms with van der Waals surface area (Å²) in [7, 11) is 0. The second-order valence-corrected chi connectivity index (χ2v) is 5.98. The molecule has 0 radical (unpaired) electrons. The summed E-state index contributed by atoms with van der Waals surface area (Å²) < 4.78 is 12.4. The van der Waals surface area contributed by atoms with E-state index in [-0.39, 0.29) is 11.4 Å². The van der Waals surface area contributed by atoms with Gasteiger partial charge in [0.1, 0.15) is 16.9 Å². The van der Waals surface area contributed by atoms with E-state index in [0.717, 1.165) is 10.9 Å². The van der Waals surface area contributed by atoms with Crippen LogP contribution in [0.2, 0.25) is 0 Å². The summed E-state index contributed by atoms with van der Waals surface area (Å²) in [6, 6.07) is 17.7. The lowest BCUT2D eigenvalue weighted by atomic mass is 10.1. The quantitative estimate of drug-likeness (QED) is 0.362. The van der Waals surface area contributed by atoms with Crippen LogP contribution in [-0.2, 0) is 0 Å². The molecule has 0 aliphatic heterocycles. The summed E-state index contributed by atoms with van der Waals surface area (Å²) in [5, 5.41) is 8.87. The molecule has 0 unspecified atom stereocenters. The zero-order chi connectivity index (χ0) is 18.4. The number of carbonyl (C=O) groups is 1. The molecule has 5 aromatic rings. The SMILES string of the molecule is O=Cc1ccc(-c2ccc3cc(-n4nnc5ccccc54)c(=O)oc3c2)o1. The van der Waals surface area contributed by atoms with Crippen molar-refractivity contribution in [2.75, 3.05) is 0 Å². The largest absolute Gasteiger partial charge is 0.453 e. The second kappa shape index (κ2) is 5.77. The Labute approximate surface area is 151 Å². The van der Waals surface area contributed by atoms with Crippen molar-refractivity contribution in [3.05, 3.63) is 76.8 Å². The molecule has 0 bridgehead atoms. The van der Waals surface area contributed by atoms with Crippen LogP contribution in [0.4, 0.5) is 0 Å². The van der Waals surface area contributed by atoms with E-state index in [0.29, 0.717) is 28.7 Å². The topological polar surface area (TPSA) is 91.1 Å². The Morgan fingerprint density at radius 3 is 2.70 bits per heavy atom. The van der Waals surface area contributed by atoms with Crippen LogP contribution in [0.15, 0.2) is 74.3 Å². The Balaban J connectivity index is 1.66. The average molecular weight is 357 g/mol. The van der Waals surface area contributed by atoms with E-state index >= 15 is 0 Å². The maximum Gasteiger partial charge on any atom is 0.362 e. The fraction of sp³-hybridized carbons (Fsp3) is 0. The van der Waals surface area contributed by atoms with Gasteiger partial charge in [0.2, 0.25) is 0 Å². The highest BCUT2D eigenvalue weighted by molar-refractivity contribution is 5.84. The third kappa shape index (κ3) is 2.44. The number of furan rings is 1. The molecular weight excluding hydrogens is 346 g/mol. The van der Waals surface area contributed by atoms with E-state index in [2.05, 4.69) is 10.3 Å². The lowest BCUT2D eigenvalue weighted by Gasteiger charge is -2.04. The lowest BCUT2D eigenvalue weighted by molar-refractivity contribution is 0.110. The van der Waals surface area contributed by atoms with E-state index in [1.807, 2.05) is 36.4 Å². The number of benzene rings is 2. The van der Waals surface area contributed by atoms with Crippen LogP contribution in [0.3, 0.4) is 0 Å². The number of hydrogen-bond acceptors (Lipinski definition) is 6. The third-order valence-corrected chi connectivity index (χ3v) is 4.33. The van der Waals surface area contributed by atoms with Gasteiger partial charge in [-0.15, -0.1) is 5.10 Å². The number of nitrogens with zero attached hydrogens (tertiary/aromatic N) is 3. The molecule has 0 saturated carbocycles. The van der Waals surface area contributed by atoms with E-state index in [9.17, 15) is 9.59 Å². The molecule has 0 atom stereocenters. The van der Waals surface area contributed by atoms with Crippen molar-refractivity contribution in [2.24, 2.45) is 0 Å². The van der Waals surface area contributed by atoms with Crippen LogP contribution >= 0.6 is 0 Å². The fourth-order valence-electron chi connectivity index (χ4n) is 3.02. The van der Waals surface area contributed by atoms with Gasteiger partial charge in [-0.2, -0.15) is 0 Å². The molecule has 0 aliphatic carbocycles. The Hall–Kier alpha value is -4.00. The summed E-state index contributed by atoms with van der Waals surface area (Å²) in [6.45, 7) is 0. The van der Waals surface area contributed by atoms with Crippen LogP contribution in [0, 0.1) is 0 Å². The van der Waals surface area contributed by atoms with Gasteiger partial charge in [-0.25, -0.2) is 9.48 Å². The number of carbonyl (C=O) groups excluding carboxylic acids is 1. The molecule has 0 saturated heterocycles. The zero-order valence-electron chi connectivity index (χ0n) is 13.8. The van der Waals surface area contributed by atoms with Gasteiger partial charge >= 0.3 is 5.63 Å². The first-order chi connectivity index (χ1) is 13.2. The van der Waals surface area contributed by atoms with Crippen LogP contribution < -0.4 is 5.63 Å². The first kappa shape index (κ1) is 15.3. The summed E-state index contributed by atoms with van der Waals surface area (Å²) >= 11 is 0. The molecule has 0 aliphatic rings. The lowest BCUT2D eigenvalue weighted by Crippen LogP contribution is -2.11. The van der Waals surface area contributed by atoms with E-state index in [1.165, 1.54) is 4.68 Å². The van der Waals surface area contributed by atoms with Gasteiger partial charge in [0.15, 0.2) is 17.7 Å². The van der Waals surface area contributed by atoms with Crippen LogP contribution in [0.5, 0.6) is 0 Å². The van der Waals surface area contributed by atoms with Crippen molar-refractivity contribution < 1.29 is 13.6 Å². The van der Waals surface area contributed by atoms with Crippen molar-refractivity contribution in [3.63, 3.8) is 0 Å². The number of rotatable bonds is 3. The van der Waals surface area contributed by atoms with Gasteiger partial charge in [0, 0.05) is 10.9 Å². The van der Waals surface area contributed by atoms with Crippen molar-refractivity contribution in [2.45, 2.75) is 0 Å². The summed E-state index contributed by atoms with van der Waals surface area (Å²) in [5.74, 6) is 0.757. The highest BCUT2D eigenvalue weighted by atomic mass is 16.4. The van der Waals surface area contributed by atoms with Crippen molar-refractivity contribution >= 4 is 28.3 Å². The third-order valence-electron chi connectivity index (χ3n) is 4.33. The molecule has 7 nitrogen and oxygen atoms in total. The molecule has 0 fully saturated rings. The summed E-state index contributed by atoms with van der Waals surface area (Å²) in [4.78, 5) is 23.3. The zero-order valence-corrected chi connectivity index (χ0v) is 13.8. The molecular formula is C20H11N3O4. The maximum atomic E-state index is 12.5. The molecule has 3 heterocycles. The van der Waals surface area contributed by atoms with Gasteiger partial charge in [-0.3, -0.25) is 4.79 Å². The van der Waals surface area contributed by atoms with Crippen molar-refractivity contribution in [3.8, 4) is 17.0 Å². The van der Waals surface area contributed by atoms with Crippen LogP contribution in [0.25, 0.3) is 39.0 Å². The molecule has 2 aromatic carbocycles. The van der Waals surface area contributed by atoms with E-state index in [4.69, 9.17) is 8.83 Å². The fourth-order valence-corrected chi connectivity index (χ4v) is 3.02. The number of hydrogen-bond donors (Lipinski definition) is 0. The molecule has 0 spiro atoms. The number of aldehydes is 1. The average Bonchev–Trinajstić information content (AvgIpc) is 3.34. The molecule has 27 heavy (non-hydrogen) atoms. The van der Waals surface area contributed by atoms with E-state index in [1.54, 1.807) is 24.3 Å². The minimum absolute atomic E-state index is 0.236. The van der Waals surface area contributed by atoms with Gasteiger partial charge in [0.05, 0.1) is 5.52 Å². The normalized spacial score (nSPS) is 11.3. The highest BCUT2D eigenvalue weighted by Gasteiger charge is 2.13. The molecule has 130 valence electrons. The maximum absolute atomic E-state index is 12.5. The Morgan fingerprint density at radius 2 is 1.85 bits per heavy atom. The summed E-state index contributed by atoms with van der Waals surface area (Å²) in [5.41, 5.74) is 2.29. The highest BCUT2D eigenvalue weighted by Crippen LogP contribution is 2.26. The standard InChI is InChI=1S/C20H11N3O4/c24-11-14-7-8-18(26-14)13-6-5-12-9-17(20(25)27-19(12)10-13)23-16-4-2-1-3-15(16)21-22-23/h1-11H. The Kier molecular flexibility index (Phi) is 3.26. The predicted molar refractivity (Wildman–Crippen MR) is 98.0 cm³/mol. The molecule has 7 heteroatoms. The number of aromatic nitrogens is 3. The van der Waals surface area contributed by atoms with E-state index < -0.39 is 5.63 Å². The predicted octanol–water partition coefficient (Wildman–Crippen LogP) is 3.60. The van der Waals surface area contributed by atoms with Gasteiger partial charge < -0.3 is 8.83 Å². The summed E-state index contributed by atoms with van der Waals surface area (Å²) in [6.07, 6.45) is 0.638. The molecule has 0 N–H and O–H groups in total. The monoisotopic (exact) mass is 357 g/mol. The number of para-hydroxylation sites is 1. The first-order valence-corrected chi connectivity index (χ1v) is 8.17. The second-order valence-electron chi connectivity index (χ2n) is 5.98. The smallest absolute Gasteiger partial charge is 0.362 e. The Morgan fingerprint density at radius 1 is 0.963 bits per heavy atom. The molecule has 3 aromatic heterocycles. The van der Waals surface area contributed by atoms with Gasteiger partial charge in [-0.1, -0.05) is 29.5 Å². The minimum atomic E-state index is -0.525. The van der Waals surface area contributed by atoms with Gasteiger partial charge in [0.25, 0.3) is 0 Å². The van der Waals surface area contributed by atoms with Gasteiger partial charge in [-0.05, 0) is 36.4 Å². The number of fused-ring (bicyclic) bond motifs is 2. The molecule has 5 rings (SSSR count). The molecule has 0 amide bonds. The first-order valence-electron chi connectivity index (χ1n) is 8.17. The van der Waals surface area contributed by atoms with Crippen molar-refractivity contribution in [1.29, 1.82) is 0 Å². The van der Waals surface area contributed by atoms with Crippen molar-refractivity contribution in [1.82, 2.24) is 15.0 Å². The van der Waals surface area contributed by atoms with Crippen LogP contribution in [-0.4, -0.2) is 21.3 Å². The minimum Gasteiger partial charge on any atom is -0.453 e. The van der Waals surface area contributed by atoms with Crippen LogP contribution in [0.1, 0.15) is 10.6 Å².